The Labute approximate surface area is 262 Å². The topological polar surface area (TPSA) is 27.7 Å². The molecule has 0 saturated carbocycles. The van der Waals surface area contributed by atoms with Crippen LogP contribution in [0.5, 0.6) is 0 Å². The molecule has 0 aliphatic carbocycles. The molecule has 3 aromatic carbocycles. The van der Waals surface area contributed by atoms with Gasteiger partial charge in [0, 0.05) is 32.9 Å². The first-order valence-electron chi connectivity index (χ1n) is 12.5. The summed E-state index contributed by atoms with van der Waals surface area (Å²) in [5, 5.41) is -0.710. The number of halogens is 5. The molecule has 0 spiro atoms. The van der Waals surface area contributed by atoms with Gasteiger partial charge in [0.05, 0.1) is 6.75 Å². The molecule has 206 valence electrons. The molecule has 0 amide bonds. The molecule has 0 radical (unpaired) electrons. The maximum absolute atomic E-state index is 15.0. The van der Waals surface area contributed by atoms with Crippen LogP contribution in [0.3, 0.4) is 0 Å². The molecule has 0 bridgehead atoms. The van der Waals surface area contributed by atoms with E-state index >= 15 is 0 Å². The third-order valence-electron chi connectivity index (χ3n) is 6.72. The van der Waals surface area contributed by atoms with E-state index in [2.05, 4.69) is 12.6 Å². The van der Waals surface area contributed by atoms with E-state index in [1.165, 1.54) is 0 Å². The molecule has 3 aromatic rings. The summed E-state index contributed by atoms with van der Waals surface area (Å²) in [6.07, 6.45) is 1.23. The normalized spacial score (nSPS) is 13.5. The minimum atomic E-state index is -2.72. The summed E-state index contributed by atoms with van der Waals surface area (Å²) in [7, 11) is 1.95. The third kappa shape index (κ3) is 8.50. The van der Waals surface area contributed by atoms with Crippen LogP contribution in [0.1, 0.15) is 47.8 Å². The number of benzene rings is 3. The van der Waals surface area contributed by atoms with Crippen LogP contribution in [0.15, 0.2) is 59.5 Å². The third-order valence-corrected chi connectivity index (χ3v) is 10.2. The Kier molecular flexibility index (Phi) is 13.2. The van der Waals surface area contributed by atoms with Crippen LogP contribution in [0.2, 0.25) is 6.04 Å². The van der Waals surface area contributed by atoms with Gasteiger partial charge in [-0.1, -0.05) is 59.5 Å². The Morgan fingerprint density at radius 3 is 1.82 bits per heavy atom. The van der Waals surface area contributed by atoms with Crippen molar-refractivity contribution in [2.75, 3.05) is 21.3 Å². The van der Waals surface area contributed by atoms with Crippen molar-refractivity contribution in [3.8, 4) is 0 Å². The van der Waals surface area contributed by atoms with E-state index < -0.39 is 53.8 Å². The van der Waals surface area contributed by atoms with Crippen LogP contribution in [-0.2, 0) is 38.7 Å². The van der Waals surface area contributed by atoms with Gasteiger partial charge in [0.2, 0.25) is 0 Å². The van der Waals surface area contributed by atoms with Gasteiger partial charge in [-0.15, -0.1) is 11.6 Å². The average Bonchev–Trinajstić information content (AvgIpc) is 2.95. The molecule has 2 atom stereocenters. The molecule has 0 saturated heterocycles. The molecular weight excluding hydrogens is 579 g/mol. The average molecular weight is 611 g/mol. The Morgan fingerprint density at radius 1 is 0.846 bits per heavy atom. The number of hydrogen-bond acceptors (Lipinski definition) is 4. The fourth-order valence-corrected chi connectivity index (χ4v) is 6.68. The van der Waals surface area contributed by atoms with Crippen LogP contribution < -0.4 is 29.6 Å². The molecule has 11 heteroatoms. The van der Waals surface area contributed by atoms with E-state index in [-0.39, 0.29) is 48.4 Å². The zero-order valence-corrected chi connectivity index (χ0v) is 26.9. The van der Waals surface area contributed by atoms with Gasteiger partial charge >= 0.3 is 38.4 Å². The maximum atomic E-state index is 15.0. The van der Waals surface area contributed by atoms with Gasteiger partial charge in [-0.25, -0.2) is 17.6 Å². The molecule has 0 N–H and O–H groups in total. The molecule has 0 aliphatic rings. The summed E-state index contributed by atoms with van der Waals surface area (Å²) >= 11 is 11.1. The molecule has 3 rings (SSSR count). The Hall–Kier alpha value is -1.01. The minimum absolute atomic E-state index is 0. The van der Waals surface area contributed by atoms with Crippen molar-refractivity contribution in [1.82, 2.24) is 0 Å². The van der Waals surface area contributed by atoms with Gasteiger partial charge in [-0.3, -0.25) is 0 Å². The van der Waals surface area contributed by atoms with Crippen LogP contribution in [-0.4, -0.2) is 30.1 Å². The van der Waals surface area contributed by atoms with Crippen molar-refractivity contribution >= 4 is 33.0 Å². The maximum Gasteiger partial charge on any atom is 1.00 e. The number of aryl methyl sites for hydroxylation is 2. The monoisotopic (exact) mass is 610 g/mol. The summed E-state index contributed by atoms with van der Waals surface area (Å²) in [5.41, 5.74) is 1.84. The quantitative estimate of drug-likeness (QED) is 0.0926. The zero-order valence-electron chi connectivity index (χ0n) is 23.3. The second-order valence-corrected chi connectivity index (χ2v) is 12.9. The van der Waals surface area contributed by atoms with Crippen LogP contribution in [0, 0.1) is 23.3 Å². The molecule has 2 unspecified atom stereocenters. The van der Waals surface area contributed by atoms with E-state index in [1.807, 2.05) is 24.3 Å². The Balaban J connectivity index is 0.00000560. The fourth-order valence-electron chi connectivity index (χ4n) is 4.43. The summed E-state index contributed by atoms with van der Waals surface area (Å²) in [6.45, 7) is 0. The number of rotatable bonds is 13. The first-order chi connectivity index (χ1) is 18.6. The van der Waals surface area contributed by atoms with Crippen molar-refractivity contribution < 1.29 is 61.8 Å². The van der Waals surface area contributed by atoms with Crippen molar-refractivity contribution in [3.05, 3.63) is 100 Å². The van der Waals surface area contributed by atoms with E-state index in [9.17, 15) is 17.6 Å². The predicted octanol–water partition coefficient (Wildman–Crippen LogP) is 4.66. The van der Waals surface area contributed by atoms with E-state index in [1.54, 1.807) is 45.6 Å². The van der Waals surface area contributed by atoms with E-state index in [4.69, 9.17) is 26.2 Å². The summed E-state index contributed by atoms with van der Waals surface area (Å²) < 4.78 is 82.7. The molecule has 39 heavy (non-hydrogen) atoms. The molecule has 0 aromatic heterocycles. The summed E-state index contributed by atoms with van der Waals surface area (Å²) in [5.74, 6) is -7.10. The second kappa shape index (κ2) is 15.8. The zero-order chi connectivity index (χ0) is 28.7. The Morgan fingerprint density at radius 2 is 1.33 bits per heavy atom. The minimum Gasteiger partial charge on any atom is -0.774 e. The van der Waals surface area contributed by atoms with Gasteiger partial charge in [0.15, 0.2) is 11.6 Å². The van der Waals surface area contributed by atoms with Crippen molar-refractivity contribution in [2.45, 2.75) is 47.9 Å². The van der Waals surface area contributed by atoms with Gasteiger partial charge in [0.1, 0.15) is 11.6 Å². The summed E-state index contributed by atoms with van der Waals surface area (Å²) in [6, 6.07) is 14.9. The predicted molar refractivity (Wildman–Crippen MR) is 144 cm³/mol. The van der Waals surface area contributed by atoms with Crippen molar-refractivity contribution in [1.29, 1.82) is 0 Å². The van der Waals surface area contributed by atoms with Crippen LogP contribution in [0.4, 0.5) is 17.6 Å². The van der Waals surface area contributed by atoms with Crippen molar-refractivity contribution in [2.24, 2.45) is 0 Å². The van der Waals surface area contributed by atoms with Crippen LogP contribution >= 0.6 is 11.6 Å². The summed E-state index contributed by atoms with van der Waals surface area (Å²) in [4.78, 5) is -1.11. The Bertz CT molecular complexity index is 1220. The molecule has 3 nitrogen and oxygen atoms in total. The van der Waals surface area contributed by atoms with Gasteiger partial charge < -0.3 is 25.9 Å². The second-order valence-electron chi connectivity index (χ2n) is 8.88. The van der Waals surface area contributed by atoms with Gasteiger partial charge in [-0.05, 0) is 48.3 Å². The molecule has 0 heterocycles. The van der Waals surface area contributed by atoms with Gasteiger partial charge in [0.25, 0.3) is 0 Å². The van der Waals surface area contributed by atoms with Crippen molar-refractivity contribution in [3.63, 3.8) is 0 Å². The SMILES string of the molecule is [3H]c1ccc(C(Cl)CC(CCc2ccc(CC[Si](OC)(OC)OC)cc2)c2c(F)c(F)c([S-])c(F)c2F)cc1.[Na+]. The largest absolute Gasteiger partial charge is 1.00 e. The molecular formula is C28H30ClF4NaO3SSi. The smallest absolute Gasteiger partial charge is 0.774 e. The number of hydrogen-bond donors (Lipinski definition) is 0. The number of alkyl halides is 1. The van der Waals surface area contributed by atoms with E-state index in [0.717, 1.165) is 11.1 Å². The van der Waals surface area contributed by atoms with Crippen LogP contribution in [0.25, 0.3) is 0 Å². The standard InChI is InChI=1S/C28H31ClF4O3SSi.Na/c1-34-38(35-2,36-3)16-15-19-11-9-18(10-12-19)13-14-21(17-22(29)20-7-5-4-6-8-20)23-24(30)26(32)28(37)27(33)25(23)31;/h4-12,21-22,37H,13-17H2,1-3H3;/q;+1/p-1/i4T;. The molecule has 0 fully saturated rings. The molecule has 0 aliphatic heterocycles. The first kappa shape index (κ1) is 32.5. The van der Waals surface area contributed by atoms with E-state index in [0.29, 0.717) is 24.4 Å². The first-order valence-corrected chi connectivity index (χ1v) is 14.8. The fraction of sp³-hybridized carbons (Fsp3) is 0.357. The van der Waals surface area contributed by atoms with Gasteiger partial charge in [-0.2, -0.15) is 0 Å².